The zero-order valence-corrected chi connectivity index (χ0v) is 27.9. The van der Waals surface area contributed by atoms with Gasteiger partial charge in [-0.1, -0.05) is 84.9 Å². The van der Waals surface area contributed by atoms with Gasteiger partial charge in [0.15, 0.2) is 0 Å². The lowest BCUT2D eigenvalue weighted by Crippen LogP contribution is -2.27. The van der Waals surface area contributed by atoms with Gasteiger partial charge in [0.05, 0.1) is 0 Å². The van der Waals surface area contributed by atoms with Gasteiger partial charge in [0.1, 0.15) is 5.00 Å². The fraction of sp³-hybridized carbons (Fsp3) is 0.0698. The van der Waals surface area contributed by atoms with Crippen LogP contribution in [0.1, 0.15) is 11.1 Å². The van der Waals surface area contributed by atoms with E-state index in [2.05, 4.69) is 169 Å². The number of benzene rings is 7. The van der Waals surface area contributed by atoms with Crippen LogP contribution in [0.15, 0.2) is 150 Å². The maximum absolute atomic E-state index is 2.50. The molecule has 226 valence electrons. The van der Waals surface area contributed by atoms with Gasteiger partial charge in [-0.25, -0.2) is 0 Å². The molecule has 0 N–H and O–H groups in total. The summed E-state index contributed by atoms with van der Waals surface area (Å²) < 4.78 is 1.31. The average Bonchev–Trinajstić information content (AvgIpc) is 3.48. The van der Waals surface area contributed by atoms with Crippen molar-refractivity contribution in [2.24, 2.45) is 0 Å². The molecule has 1 aliphatic rings. The van der Waals surface area contributed by atoms with Crippen LogP contribution < -0.4 is 15.0 Å². The van der Waals surface area contributed by atoms with E-state index in [1.54, 1.807) is 0 Å². The Morgan fingerprint density at radius 1 is 0.489 bits per heavy atom. The van der Waals surface area contributed by atoms with E-state index in [1.807, 2.05) is 23.1 Å². The third-order valence-corrected chi connectivity index (χ3v) is 11.4. The van der Waals surface area contributed by atoms with Gasteiger partial charge >= 0.3 is 0 Å². The number of aryl methyl sites for hydroxylation is 2. The van der Waals surface area contributed by atoms with E-state index >= 15 is 0 Å². The van der Waals surface area contributed by atoms with Crippen molar-refractivity contribution >= 4 is 88.2 Å². The molecule has 0 saturated heterocycles. The Bertz CT molecular complexity index is 2500. The fourth-order valence-corrected chi connectivity index (χ4v) is 9.61. The van der Waals surface area contributed by atoms with E-state index in [1.165, 1.54) is 86.3 Å². The normalized spacial score (nSPS) is 12.7. The first-order valence-corrected chi connectivity index (χ1v) is 17.9. The van der Waals surface area contributed by atoms with Crippen molar-refractivity contribution in [3.63, 3.8) is 0 Å². The van der Waals surface area contributed by atoms with E-state index in [0.29, 0.717) is 0 Å². The van der Waals surface area contributed by atoms with Gasteiger partial charge in [-0.15, -0.1) is 23.1 Å². The summed E-state index contributed by atoms with van der Waals surface area (Å²) in [5, 5.41) is 9.27. The topological polar surface area (TPSA) is 6.48 Å². The summed E-state index contributed by atoms with van der Waals surface area (Å²) in [5.74, 6) is 0.886. The molecule has 0 amide bonds. The van der Waals surface area contributed by atoms with Crippen molar-refractivity contribution in [1.29, 1.82) is 0 Å². The molecule has 1 aromatic heterocycles. The summed E-state index contributed by atoms with van der Waals surface area (Å²) in [7, 11) is 0. The van der Waals surface area contributed by atoms with Gasteiger partial charge in [-0.05, 0) is 96.4 Å². The monoisotopic (exact) mass is 640 g/mol. The number of hydrogen-bond donors (Lipinski definition) is 0. The lowest BCUT2D eigenvalue weighted by atomic mass is 9.95. The van der Waals surface area contributed by atoms with Crippen LogP contribution >= 0.6 is 23.1 Å². The van der Waals surface area contributed by atoms with Crippen LogP contribution in [0.25, 0.3) is 37.3 Å². The second-order valence-corrected chi connectivity index (χ2v) is 14.3. The number of nitrogens with zero attached hydrogens (tertiary/aromatic N) is 2. The van der Waals surface area contributed by atoms with Crippen molar-refractivity contribution in [2.45, 2.75) is 18.7 Å². The standard InChI is InChI=1S/C43H32N2S2/c1-28-13-9-19-32(25-28)44(30-15-5-3-6-16-30)36-27-46-37-23-11-22-35-40(37)39(36)34-21-12-24-38-41(34)42(35)43(47-38)45(31-17-7-4-8-18-31)33-20-10-14-29(2)26-33/h3-26H,27H2,1-2H3. The second kappa shape index (κ2) is 11.3. The first-order chi connectivity index (χ1) is 23.2. The molecule has 0 atom stereocenters. The Balaban J connectivity index is 1.44. The summed E-state index contributed by atoms with van der Waals surface area (Å²) in [6, 6.07) is 53.3. The van der Waals surface area contributed by atoms with Crippen LogP contribution in [0.3, 0.4) is 0 Å². The minimum atomic E-state index is 0.886. The van der Waals surface area contributed by atoms with E-state index in [0.717, 1.165) is 5.75 Å². The van der Waals surface area contributed by atoms with Gasteiger partial charge in [-0.3, -0.25) is 0 Å². The summed E-state index contributed by atoms with van der Waals surface area (Å²) in [4.78, 5) is 6.31. The van der Waals surface area contributed by atoms with E-state index in [-0.39, 0.29) is 0 Å². The molecule has 8 aromatic rings. The summed E-state index contributed by atoms with van der Waals surface area (Å²) in [6.45, 7) is 4.36. The summed E-state index contributed by atoms with van der Waals surface area (Å²) >= 11 is 3.85. The fourth-order valence-electron chi connectivity index (χ4n) is 7.23. The zero-order valence-electron chi connectivity index (χ0n) is 26.3. The first-order valence-electron chi connectivity index (χ1n) is 16.0. The molecule has 4 heteroatoms. The molecular formula is C43H32N2S2. The molecule has 0 radical (unpaired) electrons. The molecule has 7 aromatic carbocycles. The van der Waals surface area contributed by atoms with Gasteiger partial charge in [-0.2, -0.15) is 0 Å². The summed E-state index contributed by atoms with van der Waals surface area (Å²) in [6.07, 6.45) is 0. The molecule has 9 rings (SSSR count). The predicted molar refractivity (Wildman–Crippen MR) is 205 cm³/mol. The molecule has 1 aliphatic heterocycles. The molecule has 0 aliphatic carbocycles. The minimum absolute atomic E-state index is 0.886. The highest BCUT2D eigenvalue weighted by Gasteiger charge is 2.28. The van der Waals surface area contributed by atoms with Gasteiger partial charge < -0.3 is 9.80 Å². The van der Waals surface area contributed by atoms with E-state index in [9.17, 15) is 0 Å². The maximum Gasteiger partial charge on any atom is 0.109 e. The smallest absolute Gasteiger partial charge is 0.109 e. The highest BCUT2D eigenvalue weighted by molar-refractivity contribution is 8.00. The number of thioether (sulfide) groups is 1. The molecule has 47 heavy (non-hydrogen) atoms. The number of thiophene rings is 1. The van der Waals surface area contributed by atoms with Gasteiger partial charge in [0.2, 0.25) is 0 Å². The summed E-state index contributed by atoms with van der Waals surface area (Å²) in [5.41, 5.74) is 8.55. The van der Waals surface area contributed by atoms with Crippen molar-refractivity contribution in [3.8, 4) is 0 Å². The molecule has 0 bridgehead atoms. The van der Waals surface area contributed by atoms with Gasteiger partial charge in [0, 0.05) is 65.2 Å². The second-order valence-electron chi connectivity index (χ2n) is 12.3. The van der Waals surface area contributed by atoms with Crippen LogP contribution in [0.2, 0.25) is 0 Å². The zero-order chi connectivity index (χ0) is 31.5. The predicted octanol–water partition coefficient (Wildman–Crippen LogP) is 12.1. The van der Waals surface area contributed by atoms with Crippen molar-refractivity contribution < 1.29 is 0 Å². The third kappa shape index (κ3) is 4.63. The molecule has 0 saturated carbocycles. The van der Waals surface area contributed by atoms with Crippen molar-refractivity contribution in [2.75, 3.05) is 15.6 Å². The average molecular weight is 641 g/mol. The Morgan fingerprint density at radius 2 is 1.06 bits per heavy atom. The van der Waals surface area contributed by atoms with E-state index < -0.39 is 0 Å². The Morgan fingerprint density at radius 3 is 1.74 bits per heavy atom. The Labute approximate surface area is 283 Å². The molecule has 2 nitrogen and oxygen atoms in total. The number of anilines is 5. The molecule has 0 fully saturated rings. The minimum Gasteiger partial charge on any atom is -0.313 e. The van der Waals surface area contributed by atoms with Crippen LogP contribution in [0.4, 0.5) is 27.8 Å². The number of para-hydroxylation sites is 2. The quantitative estimate of drug-likeness (QED) is 0.167. The van der Waals surface area contributed by atoms with Crippen molar-refractivity contribution in [1.82, 2.24) is 0 Å². The Kier molecular flexibility index (Phi) is 6.81. The first kappa shape index (κ1) is 28.2. The highest BCUT2D eigenvalue weighted by atomic mass is 32.2. The third-order valence-electron chi connectivity index (χ3n) is 9.19. The van der Waals surface area contributed by atoms with Crippen LogP contribution in [-0.4, -0.2) is 5.75 Å². The van der Waals surface area contributed by atoms with Crippen molar-refractivity contribution in [3.05, 3.63) is 162 Å². The number of fused-ring (bicyclic) bond motifs is 2. The van der Waals surface area contributed by atoms with Crippen LogP contribution in [0, 0.1) is 13.8 Å². The SMILES string of the molecule is Cc1cccc(N(C2=c3c4cccc5sc(N(c6ccccc6)c6cccc(C)c6)c(c6cccc(c36)SC2)c54)c2ccccc2)c1. The molecule has 0 spiro atoms. The number of rotatable bonds is 6. The highest BCUT2D eigenvalue weighted by Crippen LogP contribution is 2.51. The lowest BCUT2D eigenvalue weighted by molar-refractivity contribution is 1.25. The van der Waals surface area contributed by atoms with Crippen LogP contribution in [-0.2, 0) is 0 Å². The maximum atomic E-state index is 2.50. The lowest BCUT2D eigenvalue weighted by Gasteiger charge is -2.31. The van der Waals surface area contributed by atoms with Gasteiger partial charge in [0.25, 0.3) is 0 Å². The van der Waals surface area contributed by atoms with Crippen LogP contribution in [0.5, 0.6) is 0 Å². The molecule has 0 unspecified atom stereocenters. The van der Waals surface area contributed by atoms with E-state index in [4.69, 9.17) is 0 Å². The largest absolute Gasteiger partial charge is 0.313 e. The molecule has 2 heterocycles. The number of hydrogen-bond acceptors (Lipinski definition) is 4. The molecular weight excluding hydrogens is 609 g/mol. The Hall–Kier alpha value is -5.03.